The molecule has 114 valence electrons. The van der Waals surface area contributed by atoms with E-state index in [1.54, 1.807) is 7.11 Å². The highest BCUT2D eigenvalue weighted by molar-refractivity contribution is 5.44. The van der Waals surface area contributed by atoms with Gasteiger partial charge in [-0.25, -0.2) is 0 Å². The van der Waals surface area contributed by atoms with Gasteiger partial charge in [0.2, 0.25) is 6.79 Å². The van der Waals surface area contributed by atoms with Crippen molar-refractivity contribution in [1.82, 2.24) is 4.90 Å². The molecular weight excluding hydrogens is 270 g/mol. The molecule has 2 fully saturated rings. The second-order valence-corrected chi connectivity index (χ2v) is 6.21. The van der Waals surface area contributed by atoms with E-state index >= 15 is 0 Å². The lowest BCUT2D eigenvalue weighted by Gasteiger charge is -2.53. The molecule has 1 atom stereocenters. The molecule has 3 aliphatic heterocycles. The zero-order valence-corrected chi connectivity index (χ0v) is 12.3. The predicted molar refractivity (Wildman–Crippen MR) is 76.6 cm³/mol. The Labute approximate surface area is 124 Å². The van der Waals surface area contributed by atoms with Crippen molar-refractivity contribution < 1.29 is 18.9 Å². The van der Waals surface area contributed by atoms with Crippen molar-refractivity contribution in [2.75, 3.05) is 33.6 Å². The summed E-state index contributed by atoms with van der Waals surface area (Å²) in [4.78, 5) is 2.41. The van der Waals surface area contributed by atoms with E-state index in [2.05, 4.69) is 17.0 Å². The van der Waals surface area contributed by atoms with E-state index in [-0.39, 0.29) is 5.60 Å². The second kappa shape index (κ2) is 5.16. The summed E-state index contributed by atoms with van der Waals surface area (Å²) in [6.45, 7) is 4.05. The Hall–Kier alpha value is -1.30. The van der Waals surface area contributed by atoms with Gasteiger partial charge < -0.3 is 18.9 Å². The van der Waals surface area contributed by atoms with E-state index in [9.17, 15) is 0 Å². The number of benzene rings is 1. The molecule has 0 N–H and O–H groups in total. The van der Waals surface area contributed by atoms with Crippen LogP contribution in [0.15, 0.2) is 18.2 Å². The molecule has 0 aromatic heterocycles. The lowest BCUT2D eigenvalue weighted by Crippen LogP contribution is -2.65. The maximum Gasteiger partial charge on any atom is 0.231 e. The third kappa shape index (κ3) is 2.50. The fraction of sp³-hybridized carbons (Fsp3) is 0.625. The first-order valence-electron chi connectivity index (χ1n) is 7.54. The first kappa shape index (κ1) is 13.4. The van der Waals surface area contributed by atoms with Gasteiger partial charge in [0.1, 0.15) is 0 Å². The van der Waals surface area contributed by atoms with E-state index in [1.165, 1.54) is 5.56 Å². The number of hydrogen-bond acceptors (Lipinski definition) is 5. The average molecular weight is 291 g/mol. The number of methoxy groups -OCH3 is 1. The standard InChI is InChI=1S/C16H21NO4/c1-18-13-4-5-21-16(7-13)9-17(10-16)8-12-2-3-14-15(6-12)20-11-19-14/h2-3,6,13H,4-5,7-11H2,1H3. The fourth-order valence-electron chi connectivity index (χ4n) is 3.58. The molecule has 21 heavy (non-hydrogen) atoms. The highest BCUT2D eigenvalue weighted by atomic mass is 16.7. The number of rotatable bonds is 3. The SMILES string of the molecule is COC1CCOC2(C1)CN(Cc1ccc3c(c1)OCO3)C2. The van der Waals surface area contributed by atoms with Crippen molar-refractivity contribution in [3.05, 3.63) is 23.8 Å². The van der Waals surface area contributed by atoms with Crippen LogP contribution in [0.3, 0.4) is 0 Å². The molecule has 0 amide bonds. The average Bonchev–Trinajstić information content (AvgIpc) is 2.93. The fourth-order valence-corrected chi connectivity index (χ4v) is 3.58. The normalized spacial score (nSPS) is 26.8. The Morgan fingerprint density at radius 2 is 2.14 bits per heavy atom. The van der Waals surface area contributed by atoms with Crippen LogP contribution in [0.5, 0.6) is 11.5 Å². The van der Waals surface area contributed by atoms with Gasteiger partial charge in [-0.1, -0.05) is 6.07 Å². The van der Waals surface area contributed by atoms with E-state index < -0.39 is 0 Å². The van der Waals surface area contributed by atoms with Crippen LogP contribution in [0.2, 0.25) is 0 Å². The Morgan fingerprint density at radius 1 is 1.29 bits per heavy atom. The largest absolute Gasteiger partial charge is 0.454 e. The van der Waals surface area contributed by atoms with E-state index in [0.29, 0.717) is 12.9 Å². The van der Waals surface area contributed by atoms with Crippen molar-refractivity contribution >= 4 is 0 Å². The molecule has 3 heterocycles. The Morgan fingerprint density at radius 3 is 3.00 bits per heavy atom. The van der Waals surface area contributed by atoms with Crippen molar-refractivity contribution in [3.63, 3.8) is 0 Å². The van der Waals surface area contributed by atoms with Gasteiger partial charge in [0.15, 0.2) is 11.5 Å². The van der Waals surface area contributed by atoms with Crippen LogP contribution < -0.4 is 9.47 Å². The van der Waals surface area contributed by atoms with Gasteiger partial charge in [0, 0.05) is 39.8 Å². The number of hydrogen-bond donors (Lipinski definition) is 0. The molecule has 1 unspecified atom stereocenters. The second-order valence-electron chi connectivity index (χ2n) is 6.21. The van der Waals surface area contributed by atoms with Crippen molar-refractivity contribution in [3.8, 4) is 11.5 Å². The van der Waals surface area contributed by atoms with E-state index in [1.807, 2.05) is 6.07 Å². The molecule has 2 saturated heterocycles. The summed E-state index contributed by atoms with van der Waals surface area (Å²) >= 11 is 0. The Bertz CT molecular complexity index is 527. The van der Waals surface area contributed by atoms with E-state index in [4.69, 9.17) is 18.9 Å². The maximum absolute atomic E-state index is 6.01. The summed E-state index contributed by atoms with van der Waals surface area (Å²) < 4.78 is 22.3. The zero-order valence-electron chi connectivity index (χ0n) is 12.3. The smallest absolute Gasteiger partial charge is 0.231 e. The van der Waals surface area contributed by atoms with Gasteiger partial charge in [0.05, 0.1) is 11.7 Å². The molecule has 0 bridgehead atoms. The van der Waals surface area contributed by atoms with Crippen molar-refractivity contribution in [2.24, 2.45) is 0 Å². The molecule has 5 nitrogen and oxygen atoms in total. The lowest BCUT2D eigenvalue weighted by molar-refractivity contribution is -0.195. The number of nitrogens with zero attached hydrogens (tertiary/aromatic N) is 1. The topological polar surface area (TPSA) is 40.2 Å². The number of fused-ring (bicyclic) bond motifs is 1. The zero-order chi connectivity index (χ0) is 14.3. The predicted octanol–water partition coefficient (Wildman–Crippen LogP) is 1.80. The molecule has 1 aromatic rings. The first-order valence-corrected chi connectivity index (χ1v) is 7.54. The first-order chi connectivity index (χ1) is 10.3. The van der Waals surface area contributed by atoms with Crippen LogP contribution in [0.1, 0.15) is 18.4 Å². The molecule has 5 heteroatoms. The minimum atomic E-state index is 0.0231. The summed E-state index contributed by atoms with van der Waals surface area (Å²) in [5.41, 5.74) is 1.28. The van der Waals surface area contributed by atoms with Crippen LogP contribution in [-0.4, -0.2) is 50.2 Å². The number of ether oxygens (including phenoxy) is 4. The maximum atomic E-state index is 6.01. The van der Waals surface area contributed by atoms with Gasteiger partial charge in [-0.05, 0) is 24.1 Å². The third-order valence-corrected chi connectivity index (χ3v) is 4.65. The van der Waals surface area contributed by atoms with Crippen LogP contribution >= 0.6 is 0 Å². The molecule has 0 aliphatic carbocycles. The van der Waals surface area contributed by atoms with Crippen LogP contribution in [0.25, 0.3) is 0 Å². The summed E-state index contributed by atoms with van der Waals surface area (Å²) in [6.07, 6.45) is 2.38. The number of likely N-dealkylation sites (tertiary alicyclic amines) is 1. The lowest BCUT2D eigenvalue weighted by atomic mass is 9.84. The summed E-state index contributed by atoms with van der Waals surface area (Å²) in [6, 6.07) is 6.18. The molecule has 1 aromatic carbocycles. The molecular formula is C16H21NO4. The van der Waals surface area contributed by atoms with E-state index in [0.717, 1.165) is 50.6 Å². The molecule has 0 saturated carbocycles. The summed E-state index contributed by atoms with van der Waals surface area (Å²) in [5.74, 6) is 1.70. The van der Waals surface area contributed by atoms with Gasteiger partial charge in [0.25, 0.3) is 0 Å². The summed E-state index contributed by atoms with van der Waals surface area (Å²) in [7, 11) is 1.80. The van der Waals surface area contributed by atoms with Crippen LogP contribution in [-0.2, 0) is 16.0 Å². The minimum Gasteiger partial charge on any atom is -0.454 e. The van der Waals surface area contributed by atoms with Crippen LogP contribution in [0, 0.1) is 0 Å². The molecule has 3 aliphatic rings. The minimum absolute atomic E-state index is 0.0231. The summed E-state index contributed by atoms with van der Waals surface area (Å²) in [5, 5.41) is 0. The molecule has 1 spiro atoms. The third-order valence-electron chi connectivity index (χ3n) is 4.65. The quantitative estimate of drug-likeness (QED) is 0.849. The Kier molecular flexibility index (Phi) is 3.28. The molecule has 4 rings (SSSR count). The van der Waals surface area contributed by atoms with Crippen molar-refractivity contribution in [1.29, 1.82) is 0 Å². The Balaban J connectivity index is 1.36. The highest BCUT2D eigenvalue weighted by Crippen LogP contribution is 2.37. The molecule has 0 radical (unpaired) electrons. The van der Waals surface area contributed by atoms with Gasteiger partial charge in [-0.2, -0.15) is 0 Å². The highest BCUT2D eigenvalue weighted by Gasteiger charge is 2.47. The van der Waals surface area contributed by atoms with Gasteiger partial charge >= 0.3 is 0 Å². The van der Waals surface area contributed by atoms with Crippen LogP contribution in [0.4, 0.5) is 0 Å². The van der Waals surface area contributed by atoms with Gasteiger partial charge in [-0.15, -0.1) is 0 Å². The van der Waals surface area contributed by atoms with Crippen molar-refractivity contribution in [2.45, 2.75) is 31.1 Å². The monoisotopic (exact) mass is 291 g/mol. The van der Waals surface area contributed by atoms with Gasteiger partial charge in [-0.3, -0.25) is 4.90 Å².